The first-order valence-corrected chi connectivity index (χ1v) is 9.02. The molecule has 7 nitrogen and oxygen atoms in total. The fourth-order valence-electron chi connectivity index (χ4n) is 2.75. The summed E-state index contributed by atoms with van der Waals surface area (Å²) in [6, 6.07) is 7.15. The van der Waals surface area contributed by atoms with Gasteiger partial charge in [0.05, 0.1) is 35.8 Å². The number of methoxy groups -OCH3 is 1. The zero-order chi connectivity index (χ0) is 18.7. The van der Waals surface area contributed by atoms with Crippen molar-refractivity contribution >= 4 is 28.0 Å². The summed E-state index contributed by atoms with van der Waals surface area (Å²) in [7, 11) is 1.63. The fraction of sp³-hybridized carbons (Fsp3) is 0.333. The number of nitrogens with zero attached hydrogens (tertiary/aromatic N) is 2. The topological polar surface area (TPSA) is 97.0 Å². The standard InChI is InChI=1S/C18H20N4O3S/c1-10(16-12-6-4-5-7-13(12)18(24)22-21-16)17(23)19-8-14-11(2)20-15(26-14)9-25-3/h4-7,10H,8-9H2,1-3H3,(H,19,23)(H,22,24)/t10-/m0/s1. The van der Waals surface area contributed by atoms with Crippen LogP contribution < -0.4 is 10.9 Å². The number of aromatic amines is 1. The second kappa shape index (κ2) is 7.76. The summed E-state index contributed by atoms with van der Waals surface area (Å²) < 4.78 is 5.09. The maximum absolute atomic E-state index is 12.6. The molecule has 0 bridgehead atoms. The normalized spacial score (nSPS) is 12.3. The summed E-state index contributed by atoms with van der Waals surface area (Å²) >= 11 is 1.52. The molecule has 0 aliphatic heterocycles. The highest BCUT2D eigenvalue weighted by molar-refractivity contribution is 7.11. The molecule has 1 amide bonds. The number of carbonyl (C=O) groups is 1. The highest BCUT2D eigenvalue weighted by Crippen LogP contribution is 2.22. The molecule has 26 heavy (non-hydrogen) atoms. The smallest absolute Gasteiger partial charge is 0.272 e. The van der Waals surface area contributed by atoms with E-state index in [0.29, 0.717) is 29.6 Å². The SMILES string of the molecule is COCc1nc(C)c(CNC(=O)[C@@H](C)c2n[nH]c(=O)c3ccccc23)s1. The first-order valence-electron chi connectivity index (χ1n) is 8.20. The number of amides is 1. The molecular formula is C18H20N4O3S. The summed E-state index contributed by atoms with van der Waals surface area (Å²) in [5.74, 6) is -0.654. The average molecular weight is 372 g/mol. The Morgan fingerprint density at radius 3 is 2.81 bits per heavy atom. The van der Waals surface area contributed by atoms with E-state index in [-0.39, 0.29) is 11.5 Å². The van der Waals surface area contributed by atoms with Gasteiger partial charge in [0.15, 0.2) is 0 Å². The Bertz CT molecular complexity index is 996. The van der Waals surface area contributed by atoms with Crippen LogP contribution >= 0.6 is 11.3 Å². The molecular weight excluding hydrogens is 352 g/mol. The van der Waals surface area contributed by atoms with Crippen molar-refractivity contribution in [3.8, 4) is 0 Å². The first-order chi connectivity index (χ1) is 12.5. The van der Waals surface area contributed by atoms with Crippen LogP contribution in [0.5, 0.6) is 0 Å². The summed E-state index contributed by atoms with van der Waals surface area (Å²) in [5, 5.41) is 11.6. The van der Waals surface area contributed by atoms with E-state index in [1.165, 1.54) is 11.3 Å². The number of hydrogen-bond donors (Lipinski definition) is 2. The Kier molecular flexibility index (Phi) is 5.43. The van der Waals surface area contributed by atoms with Crippen molar-refractivity contribution in [3.05, 3.63) is 55.9 Å². The van der Waals surface area contributed by atoms with Crippen molar-refractivity contribution in [2.75, 3.05) is 7.11 Å². The number of thiazole rings is 1. The molecule has 0 fully saturated rings. The number of carbonyl (C=O) groups excluding carboxylic acids is 1. The molecule has 1 atom stereocenters. The minimum absolute atomic E-state index is 0.157. The van der Waals surface area contributed by atoms with Crippen molar-refractivity contribution in [1.29, 1.82) is 0 Å². The molecule has 0 saturated heterocycles. The lowest BCUT2D eigenvalue weighted by molar-refractivity contribution is -0.122. The van der Waals surface area contributed by atoms with Gasteiger partial charge in [-0.3, -0.25) is 9.59 Å². The Morgan fingerprint density at radius 2 is 2.08 bits per heavy atom. The summed E-state index contributed by atoms with van der Waals surface area (Å²) in [6.07, 6.45) is 0. The van der Waals surface area contributed by atoms with E-state index in [0.717, 1.165) is 15.6 Å². The Morgan fingerprint density at radius 1 is 1.35 bits per heavy atom. The van der Waals surface area contributed by atoms with E-state index in [2.05, 4.69) is 20.5 Å². The van der Waals surface area contributed by atoms with Crippen molar-refractivity contribution < 1.29 is 9.53 Å². The van der Waals surface area contributed by atoms with E-state index in [4.69, 9.17) is 4.74 Å². The second-order valence-corrected chi connectivity index (χ2v) is 7.14. The number of H-pyrrole nitrogens is 1. The van der Waals surface area contributed by atoms with Crippen molar-refractivity contribution in [1.82, 2.24) is 20.5 Å². The van der Waals surface area contributed by atoms with Crippen molar-refractivity contribution in [3.63, 3.8) is 0 Å². The van der Waals surface area contributed by atoms with Gasteiger partial charge in [0.25, 0.3) is 5.56 Å². The van der Waals surface area contributed by atoms with Gasteiger partial charge >= 0.3 is 0 Å². The van der Waals surface area contributed by atoms with Gasteiger partial charge in [-0.1, -0.05) is 18.2 Å². The Balaban J connectivity index is 1.77. The monoisotopic (exact) mass is 372 g/mol. The van der Waals surface area contributed by atoms with E-state index in [1.54, 1.807) is 32.2 Å². The predicted molar refractivity (Wildman–Crippen MR) is 100 cm³/mol. The number of ether oxygens (including phenoxy) is 1. The molecule has 0 saturated carbocycles. The largest absolute Gasteiger partial charge is 0.378 e. The molecule has 3 rings (SSSR count). The lowest BCUT2D eigenvalue weighted by atomic mass is 10.0. The van der Waals surface area contributed by atoms with Crippen LogP contribution in [-0.4, -0.2) is 28.2 Å². The lowest BCUT2D eigenvalue weighted by Crippen LogP contribution is -2.29. The van der Waals surface area contributed by atoms with Gasteiger partial charge in [0, 0.05) is 17.4 Å². The average Bonchev–Trinajstić information content (AvgIpc) is 2.99. The van der Waals surface area contributed by atoms with Crippen LogP contribution in [0.3, 0.4) is 0 Å². The maximum atomic E-state index is 12.6. The minimum Gasteiger partial charge on any atom is -0.378 e. The van der Waals surface area contributed by atoms with Gasteiger partial charge in [-0.2, -0.15) is 5.10 Å². The molecule has 0 unspecified atom stereocenters. The second-order valence-electron chi connectivity index (χ2n) is 5.97. The van der Waals surface area contributed by atoms with Gasteiger partial charge in [-0.25, -0.2) is 10.1 Å². The molecule has 136 valence electrons. The van der Waals surface area contributed by atoms with Gasteiger partial charge in [0.2, 0.25) is 5.91 Å². The lowest BCUT2D eigenvalue weighted by Gasteiger charge is -2.13. The molecule has 0 aliphatic carbocycles. The van der Waals surface area contributed by atoms with Gasteiger partial charge in [0.1, 0.15) is 5.01 Å². The van der Waals surface area contributed by atoms with Crippen molar-refractivity contribution in [2.24, 2.45) is 0 Å². The minimum atomic E-state index is -0.497. The van der Waals surface area contributed by atoms with E-state index >= 15 is 0 Å². The van der Waals surface area contributed by atoms with Crippen LogP contribution in [0.2, 0.25) is 0 Å². The summed E-state index contributed by atoms with van der Waals surface area (Å²) in [4.78, 5) is 29.9. The van der Waals surface area contributed by atoms with E-state index in [1.807, 2.05) is 13.0 Å². The number of hydrogen-bond acceptors (Lipinski definition) is 6. The molecule has 2 N–H and O–H groups in total. The molecule has 0 spiro atoms. The molecule has 3 aromatic rings. The van der Waals surface area contributed by atoms with Gasteiger partial charge in [-0.15, -0.1) is 11.3 Å². The maximum Gasteiger partial charge on any atom is 0.272 e. The van der Waals surface area contributed by atoms with E-state index in [9.17, 15) is 9.59 Å². The third-order valence-corrected chi connectivity index (χ3v) is 5.29. The molecule has 2 heterocycles. The summed E-state index contributed by atoms with van der Waals surface area (Å²) in [5.41, 5.74) is 1.18. The molecule has 0 radical (unpaired) electrons. The first kappa shape index (κ1) is 18.2. The highest BCUT2D eigenvalue weighted by Gasteiger charge is 2.20. The predicted octanol–water partition coefficient (Wildman–Crippen LogP) is 2.25. The third-order valence-electron chi connectivity index (χ3n) is 4.16. The van der Waals surface area contributed by atoms with Gasteiger partial charge < -0.3 is 10.1 Å². The Labute approximate surface area is 154 Å². The number of fused-ring (bicyclic) bond motifs is 1. The Hall–Kier alpha value is -2.58. The fourth-order valence-corrected chi connectivity index (χ4v) is 3.73. The quantitative estimate of drug-likeness (QED) is 0.692. The van der Waals surface area contributed by atoms with E-state index < -0.39 is 5.92 Å². The van der Waals surface area contributed by atoms with Crippen molar-refractivity contribution in [2.45, 2.75) is 32.9 Å². The number of benzene rings is 1. The van der Waals surface area contributed by atoms with Crippen LogP contribution in [0, 0.1) is 6.92 Å². The van der Waals surface area contributed by atoms with Crippen LogP contribution in [0.4, 0.5) is 0 Å². The third kappa shape index (κ3) is 3.66. The number of aryl methyl sites for hydroxylation is 1. The zero-order valence-electron chi connectivity index (χ0n) is 14.8. The molecule has 1 aromatic carbocycles. The van der Waals surface area contributed by atoms with Crippen LogP contribution in [0.15, 0.2) is 29.1 Å². The number of aromatic nitrogens is 3. The number of nitrogens with one attached hydrogen (secondary N) is 2. The molecule has 2 aromatic heterocycles. The summed E-state index contributed by atoms with van der Waals surface area (Å²) in [6.45, 7) is 4.55. The molecule has 8 heteroatoms. The molecule has 0 aliphatic rings. The van der Waals surface area contributed by atoms with Crippen LogP contribution in [0.1, 0.15) is 34.1 Å². The van der Waals surface area contributed by atoms with Crippen LogP contribution in [0.25, 0.3) is 10.8 Å². The number of rotatable bonds is 6. The highest BCUT2D eigenvalue weighted by atomic mass is 32.1. The zero-order valence-corrected chi connectivity index (χ0v) is 15.6. The van der Waals surface area contributed by atoms with Gasteiger partial charge in [-0.05, 0) is 19.9 Å². The van der Waals surface area contributed by atoms with Crippen LogP contribution in [-0.2, 0) is 22.7 Å².